The second kappa shape index (κ2) is 16.3. The Labute approximate surface area is 217 Å². The molecule has 12 nitrogen and oxygen atoms in total. The largest absolute Gasteiger partial charge is 0.468 e. The second-order valence-electron chi connectivity index (χ2n) is 9.14. The molecule has 0 spiro atoms. The fourth-order valence-corrected chi connectivity index (χ4v) is 3.11. The summed E-state index contributed by atoms with van der Waals surface area (Å²) in [4.78, 5) is 61.2. The van der Waals surface area contributed by atoms with Gasteiger partial charge >= 0.3 is 5.97 Å². The molecule has 1 aromatic rings. The van der Waals surface area contributed by atoms with Crippen molar-refractivity contribution in [3.8, 4) is 0 Å². The molecule has 0 aliphatic carbocycles. The molecule has 4 amide bonds. The van der Waals surface area contributed by atoms with Crippen LogP contribution in [0.15, 0.2) is 30.3 Å². The molecule has 1 rings (SSSR count). The minimum atomic E-state index is -0.995. The molecule has 0 aromatic heterocycles. The molecule has 3 atom stereocenters. The number of carbonyl (C=O) groups excluding carboxylic acids is 5. The predicted molar refractivity (Wildman–Crippen MR) is 136 cm³/mol. The molecule has 0 aliphatic rings. The van der Waals surface area contributed by atoms with Crippen molar-refractivity contribution in [2.24, 2.45) is 17.6 Å². The fraction of sp³-hybridized carbons (Fsp3) is 0.560. The van der Waals surface area contributed by atoms with Crippen molar-refractivity contribution < 1.29 is 33.4 Å². The van der Waals surface area contributed by atoms with Crippen molar-refractivity contribution in [3.63, 3.8) is 0 Å². The first-order chi connectivity index (χ1) is 17.5. The van der Waals surface area contributed by atoms with E-state index >= 15 is 0 Å². The minimum Gasteiger partial charge on any atom is -0.468 e. The lowest BCUT2D eigenvalue weighted by molar-refractivity contribution is -0.141. The van der Waals surface area contributed by atoms with Crippen LogP contribution in [0.1, 0.15) is 33.3 Å². The number of hydrogen-bond acceptors (Lipinski definition) is 8. The molecule has 6 N–H and O–H groups in total. The fourth-order valence-electron chi connectivity index (χ4n) is 3.11. The van der Waals surface area contributed by atoms with Crippen molar-refractivity contribution in [3.05, 3.63) is 35.9 Å². The van der Waals surface area contributed by atoms with Crippen LogP contribution in [0, 0.1) is 11.8 Å². The van der Waals surface area contributed by atoms with Crippen LogP contribution in [-0.4, -0.2) is 74.5 Å². The van der Waals surface area contributed by atoms with E-state index in [1.54, 1.807) is 27.7 Å². The zero-order chi connectivity index (χ0) is 28.0. The third kappa shape index (κ3) is 11.8. The highest BCUT2D eigenvalue weighted by molar-refractivity contribution is 5.94. The maximum Gasteiger partial charge on any atom is 0.325 e. The lowest BCUT2D eigenvalue weighted by Gasteiger charge is -2.27. The SMILES string of the molecule is COC(=O)CNC(=O)CNC(=O)[C@@H](NC(=O)[C@@H](NC(=O)[C@@H](N)COCc1ccccc1)C(C)C)C(C)C. The highest BCUT2D eigenvalue weighted by Gasteiger charge is 2.31. The van der Waals surface area contributed by atoms with Gasteiger partial charge in [0.05, 0.1) is 26.9 Å². The summed E-state index contributed by atoms with van der Waals surface area (Å²) < 4.78 is 9.95. The molecule has 0 heterocycles. The number of nitrogens with one attached hydrogen (secondary N) is 4. The van der Waals surface area contributed by atoms with E-state index in [1.807, 2.05) is 30.3 Å². The summed E-state index contributed by atoms with van der Waals surface area (Å²) in [5.41, 5.74) is 6.89. The van der Waals surface area contributed by atoms with Gasteiger partial charge in [-0.1, -0.05) is 58.0 Å². The Hall–Kier alpha value is -3.51. The monoisotopic (exact) mass is 521 g/mol. The number of methoxy groups -OCH3 is 1. The Kier molecular flexibility index (Phi) is 13.9. The lowest BCUT2D eigenvalue weighted by Crippen LogP contribution is -2.59. The third-order valence-corrected chi connectivity index (χ3v) is 5.32. The summed E-state index contributed by atoms with van der Waals surface area (Å²) in [6.07, 6.45) is 0. The van der Waals surface area contributed by atoms with Gasteiger partial charge in [-0.25, -0.2) is 0 Å². The van der Waals surface area contributed by atoms with E-state index in [0.717, 1.165) is 5.56 Å². The number of amides is 4. The van der Waals surface area contributed by atoms with Crippen LogP contribution in [-0.2, 0) is 40.1 Å². The maximum atomic E-state index is 13.0. The summed E-state index contributed by atoms with van der Waals surface area (Å²) in [7, 11) is 1.19. The molecule has 206 valence electrons. The van der Waals surface area contributed by atoms with Gasteiger partial charge in [0.1, 0.15) is 24.7 Å². The molecule has 0 radical (unpaired) electrons. The van der Waals surface area contributed by atoms with E-state index < -0.39 is 54.3 Å². The van der Waals surface area contributed by atoms with Gasteiger partial charge in [-0.05, 0) is 17.4 Å². The normalized spacial score (nSPS) is 13.3. The van der Waals surface area contributed by atoms with Crippen LogP contribution >= 0.6 is 0 Å². The highest BCUT2D eigenvalue weighted by Crippen LogP contribution is 2.07. The van der Waals surface area contributed by atoms with Gasteiger partial charge in [0.2, 0.25) is 23.6 Å². The second-order valence-corrected chi connectivity index (χ2v) is 9.14. The van der Waals surface area contributed by atoms with Crippen LogP contribution in [0.5, 0.6) is 0 Å². The number of carbonyl (C=O) groups is 5. The molecule has 0 fully saturated rings. The smallest absolute Gasteiger partial charge is 0.325 e. The molecule has 0 unspecified atom stereocenters. The zero-order valence-corrected chi connectivity index (χ0v) is 22.0. The first-order valence-corrected chi connectivity index (χ1v) is 12.0. The van der Waals surface area contributed by atoms with Crippen molar-refractivity contribution in [1.29, 1.82) is 0 Å². The summed E-state index contributed by atoms with van der Waals surface area (Å²) in [5, 5.41) is 10.0. The van der Waals surface area contributed by atoms with Gasteiger partial charge in [0.15, 0.2) is 0 Å². The maximum absolute atomic E-state index is 13.0. The van der Waals surface area contributed by atoms with Crippen molar-refractivity contribution >= 4 is 29.6 Å². The van der Waals surface area contributed by atoms with Crippen molar-refractivity contribution in [1.82, 2.24) is 21.3 Å². The Morgan fingerprint density at radius 1 is 0.811 bits per heavy atom. The Bertz CT molecular complexity index is 908. The van der Waals surface area contributed by atoms with Crippen LogP contribution in [0.25, 0.3) is 0 Å². The van der Waals surface area contributed by atoms with Crippen molar-refractivity contribution in [2.45, 2.75) is 52.4 Å². The third-order valence-electron chi connectivity index (χ3n) is 5.32. The average molecular weight is 522 g/mol. The Morgan fingerprint density at radius 3 is 1.95 bits per heavy atom. The number of nitrogens with two attached hydrogens (primary N) is 1. The molecule has 0 bridgehead atoms. The number of rotatable bonds is 15. The van der Waals surface area contributed by atoms with Gasteiger partial charge in [0, 0.05) is 0 Å². The summed E-state index contributed by atoms with van der Waals surface area (Å²) >= 11 is 0. The summed E-state index contributed by atoms with van der Waals surface area (Å²) in [6.45, 7) is 6.48. The molecule has 37 heavy (non-hydrogen) atoms. The number of benzene rings is 1. The summed E-state index contributed by atoms with van der Waals surface area (Å²) in [5.74, 6) is -3.56. The van der Waals surface area contributed by atoms with Gasteiger partial charge in [-0.3, -0.25) is 24.0 Å². The van der Waals surface area contributed by atoms with E-state index in [4.69, 9.17) is 10.5 Å². The van der Waals surface area contributed by atoms with Crippen LogP contribution in [0.2, 0.25) is 0 Å². The lowest BCUT2D eigenvalue weighted by atomic mass is 9.99. The zero-order valence-electron chi connectivity index (χ0n) is 22.0. The number of hydrogen-bond donors (Lipinski definition) is 5. The highest BCUT2D eigenvalue weighted by atomic mass is 16.5. The van der Waals surface area contributed by atoms with Crippen LogP contribution < -0.4 is 27.0 Å². The average Bonchev–Trinajstić information content (AvgIpc) is 2.87. The standard InChI is InChI=1S/C25H39N5O7/c1-15(2)21(24(34)28-11-19(31)27-12-20(32)36-5)30-25(35)22(16(3)4)29-23(33)18(26)14-37-13-17-9-7-6-8-10-17/h6-10,15-16,18,21-22H,11-14,26H2,1-5H3,(H,27,31)(H,28,34)(H,29,33)(H,30,35)/t18-,21-,22-/m0/s1. The van der Waals surface area contributed by atoms with E-state index in [9.17, 15) is 24.0 Å². The number of esters is 1. The summed E-state index contributed by atoms with van der Waals surface area (Å²) in [6, 6.07) is 6.50. The molecular weight excluding hydrogens is 482 g/mol. The van der Waals surface area contributed by atoms with E-state index in [0.29, 0.717) is 6.61 Å². The molecule has 0 saturated carbocycles. The van der Waals surface area contributed by atoms with Gasteiger partial charge < -0.3 is 36.5 Å². The van der Waals surface area contributed by atoms with Crippen LogP contribution in [0.3, 0.4) is 0 Å². The van der Waals surface area contributed by atoms with Crippen molar-refractivity contribution in [2.75, 3.05) is 26.8 Å². The quantitative estimate of drug-likeness (QED) is 0.187. The molecule has 0 saturated heterocycles. The first-order valence-electron chi connectivity index (χ1n) is 12.0. The molecule has 1 aromatic carbocycles. The van der Waals surface area contributed by atoms with Crippen LogP contribution in [0.4, 0.5) is 0 Å². The molecule has 12 heteroatoms. The predicted octanol–water partition coefficient (Wildman–Crippen LogP) is -0.782. The topological polar surface area (TPSA) is 178 Å². The molecule has 0 aliphatic heterocycles. The van der Waals surface area contributed by atoms with E-state index in [2.05, 4.69) is 26.0 Å². The van der Waals surface area contributed by atoms with E-state index in [-0.39, 0.29) is 25.0 Å². The van der Waals surface area contributed by atoms with Gasteiger partial charge in [-0.2, -0.15) is 0 Å². The van der Waals surface area contributed by atoms with Gasteiger partial charge in [0.25, 0.3) is 0 Å². The first kappa shape index (κ1) is 31.5. The van der Waals surface area contributed by atoms with E-state index in [1.165, 1.54) is 7.11 Å². The van der Waals surface area contributed by atoms with Gasteiger partial charge in [-0.15, -0.1) is 0 Å². The number of ether oxygens (including phenoxy) is 2. The minimum absolute atomic E-state index is 0.0395. The Morgan fingerprint density at radius 2 is 1.38 bits per heavy atom. The molecular formula is C25H39N5O7. The Balaban J connectivity index is 2.64.